The molecular formula is C12H17N3O6S. The Morgan fingerprint density at radius 3 is 2.27 bits per heavy atom. The maximum absolute atomic E-state index is 12.5. The molecule has 0 unspecified atom stereocenters. The minimum absolute atomic E-state index is 0.185. The number of hydrogen-bond acceptors (Lipinski definition) is 6. The van der Waals surface area contributed by atoms with E-state index in [0.29, 0.717) is 0 Å². The lowest BCUT2D eigenvalue weighted by Gasteiger charge is -2.19. The molecule has 0 radical (unpaired) electrons. The summed E-state index contributed by atoms with van der Waals surface area (Å²) in [4.78, 5) is 21.4. The van der Waals surface area contributed by atoms with Gasteiger partial charge in [-0.15, -0.1) is 0 Å². The maximum Gasteiger partial charge on any atom is 0.313 e. The molecule has 1 amide bonds. The van der Waals surface area contributed by atoms with E-state index in [1.165, 1.54) is 0 Å². The van der Waals surface area contributed by atoms with Crippen molar-refractivity contribution >= 4 is 21.6 Å². The lowest BCUT2D eigenvalue weighted by atomic mass is 10.1. The lowest BCUT2D eigenvalue weighted by molar-refractivity contribution is -0.386. The molecule has 1 rings (SSSR count). The fraction of sp³-hybridized carbons (Fsp3) is 0.417. The van der Waals surface area contributed by atoms with Crippen molar-refractivity contribution in [2.75, 3.05) is 20.2 Å². The van der Waals surface area contributed by atoms with Gasteiger partial charge in [-0.2, -0.15) is 4.31 Å². The van der Waals surface area contributed by atoms with Gasteiger partial charge in [0.25, 0.3) is 5.91 Å². The van der Waals surface area contributed by atoms with Crippen LogP contribution in [0.2, 0.25) is 0 Å². The normalized spacial score (nSPS) is 11.5. The van der Waals surface area contributed by atoms with Crippen LogP contribution in [0.25, 0.3) is 0 Å². The van der Waals surface area contributed by atoms with Crippen LogP contribution in [0, 0.1) is 10.1 Å². The highest BCUT2D eigenvalue weighted by molar-refractivity contribution is 7.89. The summed E-state index contributed by atoms with van der Waals surface area (Å²) in [6.07, 6.45) is 0. The summed E-state index contributed by atoms with van der Waals surface area (Å²) in [5.74, 6) is -1.38. The van der Waals surface area contributed by atoms with E-state index in [2.05, 4.69) is 0 Å². The van der Waals surface area contributed by atoms with Gasteiger partial charge in [-0.25, -0.2) is 8.42 Å². The summed E-state index contributed by atoms with van der Waals surface area (Å²) < 4.78 is 30.9. The van der Waals surface area contributed by atoms with Gasteiger partial charge in [0.15, 0.2) is 0 Å². The Hall–Kier alpha value is -2.20. The summed E-state index contributed by atoms with van der Waals surface area (Å²) in [6.45, 7) is 3.64. The maximum atomic E-state index is 12.5. The van der Waals surface area contributed by atoms with Gasteiger partial charge in [0.1, 0.15) is 0 Å². The number of methoxy groups -OCH3 is 1. The fourth-order valence-corrected chi connectivity index (χ4v) is 3.49. The first-order valence-electron chi connectivity index (χ1n) is 6.37. The second-order valence-electron chi connectivity index (χ2n) is 4.23. The molecule has 0 saturated heterocycles. The first kappa shape index (κ1) is 17.9. The summed E-state index contributed by atoms with van der Waals surface area (Å²) in [6, 6.07) is 1.85. The molecule has 10 heteroatoms. The van der Waals surface area contributed by atoms with E-state index >= 15 is 0 Å². The molecule has 0 bridgehead atoms. The van der Waals surface area contributed by atoms with Gasteiger partial charge in [0.05, 0.1) is 22.5 Å². The van der Waals surface area contributed by atoms with Gasteiger partial charge in [0.2, 0.25) is 15.8 Å². The van der Waals surface area contributed by atoms with Crippen molar-refractivity contribution in [1.82, 2.24) is 4.31 Å². The molecule has 0 saturated carbocycles. The van der Waals surface area contributed by atoms with Crippen LogP contribution in [-0.2, 0) is 10.0 Å². The average molecular weight is 331 g/mol. The van der Waals surface area contributed by atoms with Gasteiger partial charge in [-0.1, -0.05) is 13.8 Å². The van der Waals surface area contributed by atoms with Gasteiger partial charge in [-0.3, -0.25) is 14.9 Å². The van der Waals surface area contributed by atoms with Gasteiger partial charge < -0.3 is 10.5 Å². The van der Waals surface area contributed by atoms with Crippen LogP contribution in [0.5, 0.6) is 5.75 Å². The summed E-state index contributed by atoms with van der Waals surface area (Å²) in [5, 5.41) is 11.1. The van der Waals surface area contributed by atoms with E-state index < -0.39 is 26.5 Å². The molecule has 122 valence electrons. The minimum Gasteiger partial charge on any atom is -0.490 e. The van der Waals surface area contributed by atoms with E-state index in [1.807, 2.05) is 0 Å². The smallest absolute Gasteiger partial charge is 0.313 e. The van der Waals surface area contributed by atoms with E-state index in [0.717, 1.165) is 23.5 Å². The highest BCUT2D eigenvalue weighted by Gasteiger charge is 2.30. The molecule has 0 aromatic heterocycles. The number of nitro benzene ring substituents is 1. The quantitative estimate of drug-likeness (QED) is 0.578. The van der Waals surface area contributed by atoms with Crippen molar-refractivity contribution < 1.29 is 22.9 Å². The zero-order valence-corrected chi connectivity index (χ0v) is 13.2. The van der Waals surface area contributed by atoms with Gasteiger partial charge >= 0.3 is 5.69 Å². The first-order valence-corrected chi connectivity index (χ1v) is 7.81. The second kappa shape index (κ2) is 6.71. The van der Waals surface area contributed by atoms with Crippen molar-refractivity contribution in [1.29, 1.82) is 0 Å². The number of ether oxygens (including phenoxy) is 1. The minimum atomic E-state index is -3.97. The van der Waals surface area contributed by atoms with Crippen molar-refractivity contribution in [3.8, 4) is 5.75 Å². The van der Waals surface area contributed by atoms with Gasteiger partial charge in [-0.05, 0) is 6.07 Å². The highest BCUT2D eigenvalue weighted by Crippen LogP contribution is 2.34. The zero-order valence-electron chi connectivity index (χ0n) is 12.4. The molecule has 0 aliphatic carbocycles. The Morgan fingerprint density at radius 2 is 1.91 bits per heavy atom. The number of amides is 1. The fourth-order valence-electron chi connectivity index (χ4n) is 1.98. The van der Waals surface area contributed by atoms with E-state index in [1.54, 1.807) is 13.8 Å². The number of nitrogens with zero attached hydrogens (tertiary/aromatic N) is 2. The molecule has 1 aromatic carbocycles. The van der Waals surface area contributed by atoms with Crippen molar-refractivity contribution in [2.45, 2.75) is 18.7 Å². The van der Waals surface area contributed by atoms with Crippen LogP contribution >= 0.6 is 0 Å². The number of nitro groups is 1. The Kier molecular flexibility index (Phi) is 5.44. The number of sulfonamides is 1. The van der Waals surface area contributed by atoms with E-state index in [4.69, 9.17) is 10.5 Å². The van der Waals surface area contributed by atoms with E-state index in [-0.39, 0.29) is 29.3 Å². The van der Waals surface area contributed by atoms with Crippen LogP contribution in [-0.4, -0.2) is 43.8 Å². The molecule has 0 aliphatic rings. The second-order valence-corrected chi connectivity index (χ2v) is 6.17. The number of primary amides is 1. The highest BCUT2D eigenvalue weighted by atomic mass is 32.2. The van der Waals surface area contributed by atoms with Crippen molar-refractivity contribution in [2.24, 2.45) is 5.73 Å². The predicted molar refractivity (Wildman–Crippen MR) is 78.3 cm³/mol. The van der Waals surface area contributed by atoms with Crippen LogP contribution < -0.4 is 10.5 Å². The van der Waals surface area contributed by atoms with Crippen LogP contribution in [0.4, 0.5) is 5.69 Å². The standard InChI is InChI=1S/C12H17N3O6S/c1-4-14(5-2)22(19,20)8-6-9(12(13)16)11(21-3)10(7-8)15(17)18/h6-7H,4-5H2,1-3H3,(H2,13,16). The third-order valence-corrected chi connectivity index (χ3v) is 5.08. The van der Waals surface area contributed by atoms with E-state index in [9.17, 15) is 23.3 Å². The average Bonchev–Trinajstić information content (AvgIpc) is 2.46. The van der Waals surface area contributed by atoms with Crippen LogP contribution in [0.1, 0.15) is 24.2 Å². The molecule has 0 aliphatic heterocycles. The third kappa shape index (κ3) is 3.17. The molecule has 0 atom stereocenters. The summed E-state index contributed by atoms with van der Waals surface area (Å²) >= 11 is 0. The van der Waals surface area contributed by atoms with Crippen LogP contribution in [0.3, 0.4) is 0 Å². The molecule has 22 heavy (non-hydrogen) atoms. The number of benzene rings is 1. The molecule has 9 nitrogen and oxygen atoms in total. The molecule has 0 fully saturated rings. The molecule has 2 N–H and O–H groups in total. The third-order valence-electron chi connectivity index (χ3n) is 3.05. The number of rotatable bonds is 7. The lowest BCUT2D eigenvalue weighted by Crippen LogP contribution is -2.31. The Labute approximate surface area is 127 Å². The Bertz CT molecular complexity index is 662. The van der Waals surface area contributed by atoms with Crippen molar-refractivity contribution in [3.05, 3.63) is 27.8 Å². The SMILES string of the molecule is CCN(CC)S(=O)(=O)c1cc(C(N)=O)c(OC)c([N+](=O)[O-])c1. The van der Waals surface area contributed by atoms with Gasteiger partial charge in [0, 0.05) is 19.2 Å². The Balaban J connectivity index is 3.71. The molecule has 0 heterocycles. The molecule has 0 spiro atoms. The largest absolute Gasteiger partial charge is 0.490 e. The first-order chi connectivity index (χ1) is 10.2. The Morgan fingerprint density at radius 1 is 1.36 bits per heavy atom. The number of hydrogen-bond donors (Lipinski definition) is 1. The number of carbonyl (C=O) groups is 1. The molecular weight excluding hydrogens is 314 g/mol. The predicted octanol–water partition coefficient (Wildman–Crippen LogP) is 0.733. The topological polar surface area (TPSA) is 133 Å². The van der Waals surface area contributed by atoms with Crippen LogP contribution in [0.15, 0.2) is 17.0 Å². The molecule has 1 aromatic rings. The number of carbonyl (C=O) groups excluding carboxylic acids is 1. The monoisotopic (exact) mass is 331 g/mol. The van der Waals surface area contributed by atoms with Crippen molar-refractivity contribution in [3.63, 3.8) is 0 Å². The summed E-state index contributed by atoms with van der Waals surface area (Å²) in [5.41, 5.74) is 4.17. The zero-order chi connectivity index (χ0) is 17.1. The number of nitrogens with two attached hydrogens (primary N) is 1. The summed E-state index contributed by atoms with van der Waals surface area (Å²) in [7, 11) is -2.84.